The van der Waals surface area contributed by atoms with Crippen LogP contribution in [0, 0.1) is 0 Å². The number of nitrogens with two attached hydrogens (primary N) is 1. The standard InChI is InChI=1S/C8H19N3O4S2/c1-2-7-16(12,13)11-5-3-8(4-6-11)10-17(9,14)15/h8,10H,2-7H2,1H3,(H2,9,14,15). The third-order valence-electron chi connectivity index (χ3n) is 2.64. The Bertz CT molecular complexity index is 437. The van der Waals surface area contributed by atoms with Gasteiger partial charge in [0.15, 0.2) is 0 Å². The van der Waals surface area contributed by atoms with Crippen LogP contribution in [0.1, 0.15) is 26.2 Å². The van der Waals surface area contributed by atoms with E-state index in [0.717, 1.165) is 0 Å². The first-order valence-electron chi connectivity index (χ1n) is 5.52. The van der Waals surface area contributed by atoms with Crippen LogP contribution < -0.4 is 9.86 Å². The van der Waals surface area contributed by atoms with Crippen molar-refractivity contribution in [2.45, 2.75) is 32.2 Å². The first-order valence-corrected chi connectivity index (χ1v) is 8.68. The Balaban J connectivity index is 2.52. The van der Waals surface area contributed by atoms with Crippen molar-refractivity contribution in [3.8, 4) is 0 Å². The second kappa shape index (κ2) is 5.61. The van der Waals surface area contributed by atoms with Gasteiger partial charge in [0.05, 0.1) is 5.75 Å². The molecule has 0 atom stereocenters. The average Bonchev–Trinajstić information content (AvgIpc) is 2.15. The lowest BCUT2D eigenvalue weighted by molar-refractivity contribution is 0.308. The zero-order valence-corrected chi connectivity index (χ0v) is 11.4. The third-order valence-corrected chi connectivity index (χ3v) is 5.38. The normalized spacial score (nSPS) is 20.6. The molecular formula is C8H19N3O4S2. The second-order valence-electron chi connectivity index (χ2n) is 4.15. The van der Waals surface area contributed by atoms with Crippen LogP contribution in [-0.4, -0.2) is 46.0 Å². The highest BCUT2D eigenvalue weighted by atomic mass is 32.2. The van der Waals surface area contributed by atoms with Crippen molar-refractivity contribution in [3.05, 3.63) is 0 Å². The van der Waals surface area contributed by atoms with Crippen molar-refractivity contribution >= 4 is 20.2 Å². The highest BCUT2D eigenvalue weighted by Crippen LogP contribution is 2.15. The van der Waals surface area contributed by atoms with Crippen LogP contribution in [0.15, 0.2) is 0 Å². The zero-order chi connectivity index (χ0) is 13.1. The molecule has 0 radical (unpaired) electrons. The van der Waals surface area contributed by atoms with Crippen molar-refractivity contribution in [1.82, 2.24) is 9.03 Å². The first kappa shape index (κ1) is 14.8. The fourth-order valence-corrected chi connectivity index (χ4v) is 4.11. The summed E-state index contributed by atoms with van der Waals surface area (Å²) in [6.07, 6.45) is 1.50. The van der Waals surface area contributed by atoms with Gasteiger partial charge < -0.3 is 0 Å². The molecule has 0 saturated carbocycles. The zero-order valence-electron chi connectivity index (χ0n) is 9.79. The molecule has 0 aliphatic carbocycles. The van der Waals surface area contributed by atoms with Crippen molar-refractivity contribution in [2.75, 3.05) is 18.8 Å². The minimum Gasteiger partial charge on any atom is -0.216 e. The Hall–Kier alpha value is -0.220. The van der Waals surface area contributed by atoms with E-state index in [-0.39, 0.29) is 11.8 Å². The maximum Gasteiger partial charge on any atom is 0.274 e. The summed E-state index contributed by atoms with van der Waals surface area (Å²) in [5.74, 6) is 0.139. The summed E-state index contributed by atoms with van der Waals surface area (Å²) in [5.41, 5.74) is 0. The number of sulfonamides is 1. The maximum absolute atomic E-state index is 11.7. The third kappa shape index (κ3) is 4.88. The Morgan fingerprint density at radius 1 is 1.24 bits per heavy atom. The minimum atomic E-state index is -3.70. The smallest absolute Gasteiger partial charge is 0.216 e. The van der Waals surface area contributed by atoms with Gasteiger partial charge in [-0.2, -0.15) is 13.1 Å². The fourth-order valence-electron chi connectivity index (χ4n) is 1.87. The Morgan fingerprint density at radius 3 is 2.18 bits per heavy atom. The minimum absolute atomic E-state index is 0.139. The van der Waals surface area contributed by atoms with E-state index in [2.05, 4.69) is 4.72 Å². The molecular weight excluding hydrogens is 266 g/mol. The van der Waals surface area contributed by atoms with Gasteiger partial charge in [0.2, 0.25) is 10.0 Å². The number of nitrogens with zero attached hydrogens (tertiary/aromatic N) is 1. The van der Waals surface area contributed by atoms with E-state index in [1.807, 2.05) is 6.92 Å². The van der Waals surface area contributed by atoms with Crippen LogP contribution in [-0.2, 0) is 20.2 Å². The Kier molecular flexibility index (Phi) is 4.90. The Morgan fingerprint density at radius 2 is 1.76 bits per heavy atom. The fraction of sp³-hybridized carbons (Fsp3) is 1.00. The maximum atomic E-state index is 11.7. The quantitative estimate of drug-likeness (QED) is 0.674. The molecule has 0 bridgehead atoms. The molecule has 0 unspecified atom stereocenters. The van der Waals surface area contributed by atoms with E-state index in [1.165, 1.54) is 4.31 Å². The number of piperidine rings is 1. The predicted molar refractivity (Wildman–Crippen MR) is 64.9 cm³/mol. The van der Waals surface area contributed by atoms with Gasteiger partial charge in [-0.05, 0) is 19.3 Å². The molecule has 0 spiro atoms. The Labute approximate surface area is 103 Å². The molecule has 1 aliphatic rings. The summed E-state index contributed by atoms with van der Waals surface area (Å²) < 4.78 is 48.8. The molecule has 17 heavy (non-hydrogen) atoms. The summed E-state index contributed by atoms with van der Waals surface area (Å²) >= 11 is 0. The molecule has 0 amide bonds. The number of nitrogens with one attached hydrogen (secondary N) is 1. The monoisotopic (exact) mass is 285 g/mol. The van der Waals surface area contributed by atoms with Gasteiger partial charge in [0, 0.05) is 19.1 Å². The second-order valence-corrected chi connectivity index (χ2v) is 7.57. The van der Waals surface area contributed by atoms with Crippen molar-refractivity contribution in [2.24, 2.45) is 5.14 Å². The lowest BCUT2D eigenvalue weighted by atomic mass is 10.1. The van der Waals surface area contributed by atoms with Crippen molar-refractivity contribution < 1.29 is 16.8 Å². The first-order chi connectivity index (χ1) is 7.74. The van der Waals surface area contributed by atoms with Gasteiger partial charge in [-0.1, -0.05) is 6.92 Å². The molecule has 1 heterocycles. The summed E-state index contributed by atoms with van der Waals surface area (Å²) in [4.78, 5) is 0. The summed E-state index contributed by atoms with van der Waals surface area (Å²) in [7, 11) is -6.88. The largest absolute Gasteiger partial charge is 0.274 e. The van der Waals surface area contributed by atoms with Crippen LogP contribution in [0.2, 0.25) is 0 Å². The van der Waals surface area contributed by atoms with Gasteiger partial charge in [0.1, 0.15) is 0 Å². The lowest BCUT2D eigenvalue weighted by Crippen LogP contribution is -2.48. The highest BCUT2D eigenvalue weighted by molar-refractivity contribution is 7.89. The van der Waals surface area contributed by atoms with Crippen LogP contribution in [0.3, 0.4) is 0 Å². The van der Waals surface area contributed by atoms with Gasteiger partial charge in [0.25, 0.3) is 10.2 Å². The number of rotatable bonds is 5. The molecule has 9 heteroatoms. The topological polar surface area (TPSA) is 110 Å². The number of hydrogen-bond acceptors (Lipinski definition) is 4. The highest BCUT2D eigenvalue weighted by Gasteiger charge is 2.28. The molecule has 1 rings (SSSR count). The molecule has 7 nitrogen and oxygen atoms in total. The summed E-state index contributed by atoms with van der Waals surface area (Å²) in [6, 6.07) is -0.266. The molecule has 102 valence electrons. The van der Waals surface area contributed by atoms with Crippen LogP contribution in [0.4, 0.5) is 0 Å². The van der Waals surface area contributed by atoms with Gasteiger partial charge >= 0.3 is 0 Å². The lowest BCUT2D eigenvalue weighted by Gasteiger charge is -2.30. The van der Waals surface area contributed by atoms with E-state index in [9.17, 15) is 16.8 Å². The van der Waals surface area contributed by atoms with E-state index >= 15 is 0 Å². The van der Waals surface area contributed by atoms with E-state index in [0.29, 0.717) is 32.4 Å². The number of hydrogen-bond donors (Lipinski definition) is 2. The molecule has 0 aromatic heterocycles. The van der Waals surface area contributed by atoms with Gasteiger partial charge in [-0.3, -0.25) is 0 Å². The molecule has 1 fully saturated rings. The van der Waals surface area contributed by atoms with Crippen LogP contribution in [0.25, 0.3) is 0 Å². The van der Waals surface area contributed by atoms with E-state index in [1.54, 1.807) is 0 Å². The average molecular weight is 285 g/mol. The molecule has 1 saturated heterocycles. The van der Waals surface area contributed by atoms with Gasteiger partial charge in [-0.15, -0.1) is 0 Å². The van der Waals surface area contributed by atoms with Gasteiger partial charge in [-0.25, -0.2) is 17.9 Å². The van der Waals surface area contributed by atoms with E-state index < -0.39 is 20.2 Å². The molecule has 0 aromatic carbocycles. The summed E-state index contributed by atoms with van der Waals surface area (Å²) in [5, 5.41) is 4.86. The SMILES string of the molecule is CCCS(=O)(=O)N1CCC(NS(N)(=O)=O)CC1. The van der Waals surface area contributed by atoms with E-state index in [4.69, 9.17) is 5.14 Å². The molecule has 1 aliphatic heterocycles. The van der Waals surface area contributed by atoms with Crippen LogP contribution >= 0.6 is 0 Å². The summed E-state index contributed by atoms with van der Waals surface area (Å²) in [6.45, 7) is 2.50. The van der Waals surface area contributed by atoms with Crippen molar-refractivity contribution in [1.29, 1.82) is 0 Å². The molecule has 0 aromatic rings. The van der Waals surface area contributed by atoms with Crippen LogP contribution in [0.5, 0.6) is 0 Å². The molecule has 3 N–H and O–H groups in total. The predicted octanol–water partition coefficient (Wildman–Crippen LogP) is -1.02. The van der Waals surface area contributed by atoms with Crippen molar-refractivity contribution in [3.63, 3.8) is 0 Å².